The van der Waals surface area contributed by atoms with Crippen LogP contribution in [0.2, 0.25) is 0 Å². The van der Waals surface area contributed by atoms with Crippen LogP contribution in [0.1, 0.15) is 31.4 Å². The molecule has 0 spiro atoms. The molecule has 1 heterocycles. The highest BCUT2D eigenvalue weighted by molar-refractivity contribution is 5.50. The molecule has 3 rings (SSSR count). The van der Waals surface area contributed by atoms with Crippen LogP contribution in [0.4, 0.5) is 0 Å². The number of hydrogen-bond donors (Lipinski definition) is 0. The maximum Gasteiger partial charge on any atom is 0.161 e. The van der Waals surface area contributed by atoms with E-state index in [-0.39, 0.29) is 7.43 Å². The zero-order valence-corrected chi connectivity index (χ0v) is 11.2. The Morgan fingerprint density at radius 1 is 1.11 bits per heavy atom. The Bertz CT molecular complexity index is 456. The second kappa shape index (κ2) is 5.41. The molecule has 0 aromatic heterocycles. The normalized spacial score (nSPS) is 28.1. The van der Waals surface area contributed by atoms with Gasteiger partial charge in [0.25, 0.3) is 0 Å². The van der Waals surface area contributed by atoms with Crippen molar-refractivity contribution in [3.05, 3.63) is 23.3 Å². The largest absolute Gasteiger partial charge is 0.493 e. The second-order valence-corrected chi connectivity index (χ2v) is 5.36. The van der Waals surface area contributed by atoms with Crippen LogP contribution in [0.3, 0.4) is 0 Å². The van der Waals surface area contributed by atoms with E-state index in [0.29, 0.717) is 17.8 Å². The highest BCUT2D eigenvalue weighted by atomic mass is 16.5. The Labute approximate surface area is 115 Å². The van der Waals surface area contributed by atoms with Crippen molar-refractivity contribution in [2.24, 2.45) is 11.8 Å². The molecule has 0 bridgehead atoms. The van der Waals surface area contributed by atoms with E-state index in [0.717, 1.165) is 31.1 Å². The monoisotopic (exact) mass is 264 g/mol. The molecular formula is C16H24O3. The third kappa shape index (κ3) is 2.20. The lowest BCUT2D eigenvalue weighted by molar-refractivity contribution is 0.179. The number of ether oxygens (including phenoxy) is 3. The van der Waals surface area contributed by atoms with E-state index in [1.807, 2.05) is 0 Å². The molecule has 2 aliphatic rings. The number of rotatable bonds is 2. The standard InChI is InChI=1S/C15H20O3.CH4/c1-9-12-6-15(17-3)14(16-2)5-10(12)4-11-7-18-8-13(9)11;/h5-6,9,11,13H,4,7-8H2,1-3H3;1H4/t9-,11-,13+;/m0./s1. The average molecular weight is 264 g/mol. The van der Waals surface area contributed by atoms with Crippen LogP contribution < -0.4 is 9.47 Å². The molecule has 1 fully saturated rings. The van der Waals surface area contributed by atoms with E-state index < -0.39 is 0 Å². The summed E-state index contributed by atoms with van der Waals surface area (Å²) in [7, 11) is 3.39. The first-order chi connectivity index (χ1) is 8.74. The van der Waals surface area contributed by atoms with E-state index in [2.05, 4.69) is 19.1 Å². The van der Waals surface area contributed by atoms with Gasteiger partial charge in [0, 0.05) is 0 Å². The van der Waals surface area contributed by atoms with Gasteiger partial charge in [-0.3, -0.25) is 0 Å². The maximum atomic E-state index is 5.64. The van der Waals surface area contributed by atoms with Gasteiger partial charge in [0.05, 0.1) is 27.4 Å². The molecule has 3 atom stereocenters. The topological polar surface area (TPSA) is 27.7 Å². The van der Waals surface area contributed by atoms with Gasteiger partial charge in [-0.1, -0.05) is 14.4 Å². The van der Waals surface area contributed by atoms with Crippen LogP contribution >= 0.6 is 0 Å². The van der Waals surface area contributed by atoms with Crippen molar-refractivity contribution < 1.29 is 14.2 Å². The van der Waals surface area contributed by atoms with Crippen molar-refractivity contribution in [1.29, 1.82) is 0 Å². The number of fused-ring (bicyclic) bond motifs is 2. The minimum atomic E-state index is 0. The Morgan fingerprint density at radius 2 is 1.79 bits per heavy atom. The molecule has 0 unspecified atom stereocenters. The van der Waals surface area contributed by atoms with Gasteiger partial charge < -0.3 is 14.2 Å². The summed E-state index contributed by atoms with van der Waals surface area (Å²) < 4.78 is 16.4. The molecular weight excluding hydrogens is 240 g/mol. The summed E-state index contributed by atoms with van der Waals surface area (Å²) in [5.74, 6) is 3.54. The maximum absolute atomic E-state index is 5.64. The third-order valence-electron chi connectivity index (χ3n) is 4.51. The van der Waals surface area contributed by atoms with Gasteiger partial charge in [0.15, 0.2) is 11.5 Å². The molecule has 3 heteroatoms. The molecule has 1 aliphatic carbocycles. The van der Waals surface area contributed by atoms with Crippen LogP contribution in [0.25, 0.3) is 0 Å². The zero-order valence-electron chi connectivity index (χ0n) is 11.2. The predicted octanol–water partition coefficient (Wildman–Crippen LogP) is 3.26. The lowest BCUT2D eigenvalue weighted by atomic mass is 9.71. The molecule has 3 nitrogen and oxygen atoms in total. The van der Waals surface area contributed by atoms with Crippen molar-refractivity contribution in [1.82, 2.24) is 0 Å². The van der Waals surface area contributed by atoms with Crippen molar-refractivity contribution in [2.75, 3.05) is 27.4 Å². The van der Waals surface area contributed by atoms with Gasteiger partial charge >= 0.3 is 0 Å². The van der Waals surface area contributed by atoms with Gasteiger partial charge in [0.2, 0.25) is 0 Å². The second-order valence-electron chi connectivity index (χ2n) is 5.36. The van der Waals surface area contributed by atoms with Crippen LogP contribution in [-0.2, 0) is 11.2 Å². The van der Waals surface area contributed by atoms with Crippen LogP contribution in [0.5, 0.6) is 11.5 Å². The van der Waals surface area contributed by atoms with E-state index in [1.165, 1.54) is 11.1 Å². The summed E-state index contributed by atoms with van der Waals surface area (Å²) in [5.41, 5.74) is 2.80. The first-order valence-corrected chi connectivity index (χ1v) is 6.57. The van der Waals surface area contributed by atoms with Gasteiger partial charge in [-0.25, -0.2) is 0 Å². The van der Waals surface area contributed by atoms with Gasteiger partial charge in [0.1, 0.15) is 0 Å². The highest BCUT2D eigenvalue weighted by Gasteiger charge is 2.38. The van der Waals surface area contributed by atoms with E-state index >= 15 is 0 Å². The quantitative estimate of drug-likeness (QED) is 0.820. The van der Waals surface area contributed by atoms with Crippen molar-refractivity contribution in [3.63, 3.8) is 0 Å². The number of benzene rings is 1. The molecule has 1 aliphatic heterocycles. The third-order valence-corrected chi connectivity index (χ3v) is 4.51. The Morgan fingerprint density at radius 3 is 2.47 bits per heavy atom. The lowest BCUT2D eigenvalue weighted by Gasteiger charge is -2.33. The fourth-order valence-corrected chi connectivity index (χ4v) is 3.43. The molecule has 19 heavy (non-hydrogen) atoms. The van der Waals surface area contributed by atoms with E-state index in [4.69, 9.17) is 14.2 Å². The summed E-state index contributed by atoms with van der Waals surface area (Å²) in [6, 6.07) is 4.28. The minimum absolute atomic E-state index is 0. The summed E-state index contributed by atoms with van der Waals surface area (Å²) in [5, 5.41) is 0. The molecule has 0 saturated carbocycles. The lowest BCUT2D eigenvalue weighted by Crippen LogP contribution is -2.27. The molecule has 1 saturated heterocycles. The fourth-order valence-electron chi connectivity index (χ4n) is 3.43. The molecule has 1 aromatic carbocycles. The van der Waals surface area contributed by atoms with Crippen LogP contribution in [-0.4, -0.2) is 27.4 Å². The van der Waals surface area contributed by atoms with E-state index in [1.54, 1.807) is 14.2 Å². The Hall–Kier alpha value is -1.22. The zero-order chi connectivity index (χ0) is 12.7. The minimum Gasteiger partial charge on any atom is -0.493 e. The molecule has 106 valence electrons. The first-order valence-electron chi connectivity index (χ1n) is 6.57. The Kier molecular flexibility index (Phi) is 4.04. The molecule has 0 radical (unpaired) electrons. The van der Waals surface area contributed by atoms with Gasteiger partial charge in [-0.15, -0.1) is 0 Å². The fraction of sp³-hybridized carbons (Fsp3) is 0.625. The summed E-state index contributed by atoms with van der Waals surface area (Å²) in [6.07, 6.45) is 1.10. The molecule has 1 aromatic rings. The first kappa shape index (κ1) is 14.2. The summed E-state index contributed by atoms with van der Waals surface area (Å²) >= 11 is 0. The Balaban J connectivity index is 0.00000133. The van der Waals surface area contributed by atoms with Gasteiger partial charge in [-0.2, -0.15) is 0 Å². The van der Waals surface area contributed by atoms with E-state index in [9.17, 15) is 0 Å². The van der Waals surface area contributed by atoms with Crippen LogP contribution in [0, 0.1) is 11.8 Å². The summed E-state index contributed by atoms with van der Waals surface area (Å²) in [6.45, 7) is 4.11. The van der Waals surface area contributed by atoms with Crippen molar-refractivity contribution >= 4 is 0 Å². The number of hydrogen-bond acceptors (Lipinski definition) is 3. The SMILES string of the molecule is C.COc1cc2c(cc1OC)[C@H](C)[C@H]1COC[C@@H]1C2. The van der Waals surface area contributed by atoms with Crippen LogP contribution in [0.15, 0.2) is 12.1 Å². The predicted molar refractivity (Wildman–Crippen MR) is 76.2 cm³/mol. The highest BCUT2D eigenvalue weighted by Crippen LogP contribution is 2.45. The number of methoxy groups -OCH3 is 2. The molecule has 0 N–H and O–H groups in total. The smallest absolute Gasteiger partial charge is 0.161 e. The summed E-state index contributed by atoms with van der Waals surface area (Å²) in [4.78, 5) is 0. The molecule has 0 amide bonds. The van der Waals surface area contributed by atoms with Gasteiger partial charge in [-0.05, 0) is 47.4 Å². The van der Waals surface area contributed by atoms with Crippen molar-refractivity contribution in [2.45, 2.75) is 26.7 Å². The average Bonchev–Trinajstić information content (AvgIpc) is 2.86. The van der Waals surface area contributed by atoms with Crippen molar-refractivity contribution in [3.8, 4) is 11.5 Å².